The van der Waals surface area contributed by atoms with Gasteiger partial charge >= 0.3 is 0 Å². The van der Waals surface area contributed by atoms with Gasteiger partial charge in [-0.15, -0.1) is 0 Å². The van der Waals surface area contributed by atoms with Crippen molar-refractivity contribution in [3.05, 3.63) is 27.7 Å². The van der Waals surface area contributed by atoms with Crippen molar-refractivity contribution in [2.24, 2.45) is 0 Å². The van der Waals surface area contributed by atoms with Crippen LogP contribution in [0.3, 0.4) is 0 Å². The second kappa shape index (κ2) is 8.89. The van der Waals surface area contributed by atoms with Crippen LogP contribution in [0.1, 0.15) is 44.0 Å². The lowest BCUT2D eigenvalue weighted by molar-refractivity contribution is 0.0946. The van der Waals surface area contributed by atoms with Gasteiger partial charge in [0, 0.05) is 25.2 Å². The summed E-state index contributed by atoms with van der Waals surface area (Å²) in [6.07, 6.45) is 1.61. The molecule has 0 saturated heterocycles. The monoisotopic (exact) mass is 421 g/mol. The van der Waals surface area contributed by atoms with Crippen molar-refractivity contribution < 1.29 is 13.2 Å². The number of carbonyl (C=O) groups excluding carboxylic acids is 1. The Balaban J connectivity index is 2.13. The SMILES string of the molecule is CCN(CCNC(=O)c1cc(S(=O)(=O)NC2CC2)c(Cl)cc1Cl)C(C)C. The predicted molar refractivity (Wildman–Crippen MR) is 105 cm³/mol. The number of rotatable bonds is 9. The lowest BCUT2D eigenvalue weighted by Crippen LogP contribution is -2.38. The molecule has 1 amide bonds. The summed E-state index contributed by atoms with van der Waals surface area (Å²) in [5.74, 6) is -0.422. The zero-order valence-corrected chi connectivity index (χ0v) is 17.5. The first-order valence-electron chi connectivity index (χ1n) is 8.69. The molecule has 2 N–H and O–H groups in total. The van der Waals surface area contributed by atoms with Gasteiger partial charge in [-0.1, -0.05) is 30.1 Å². The van der Waals surface area contributed by atoms with Gasteiger partial charge in [0.05, 0.1) is 15.6 Å². The van der Waals surface area contributed by atoms with E-state index in [1.165, 1.54) is 12.1 Å². The molecule has 0 atom stereocenters. The number of benzene rings is 1. The molecule has 2 rings (SSSR count). The molecule has 0 bridgehead atoms. The van der Waals surface area contributed by atoms with Crippen molar-refractivity contribution in [3.8, 4) is 0 Å². The quantitative estimate of drug-likeness (QED) is 0.642. The average molecular weight is 422 g/mol. The van der Waals surface area contributed by atoms with Gasteiger partial charge in [-0.3, -0.25) is 9.69 Å². The average Bonchev–Trinajstić information content (AvgIpc) is 3.33. The Kier molecular flexibility index (Phi) is 7.33. The van der Waals surface area contributed by atoms with E-state index in [1.54, 1.807) is 0 Å². The highest BCUT2D eigenvalue weighted by Gasteiger charge is 2.30. The maximum absolute atomic E-state index is 12.5. The number of halogens is 2. The van der Waals surface area contributed by atoms with Crippen molar-refractivity contribution in [1.82, 2.24) is 14.9 Å². The molecule has 26 heavy (non-hydrogen) atoms. The van der Waals surface area contributed by atoms with Crippen LogP contribution in [-0.2, 0) is 10.0 Å². The summed E-state index contributed by atoms with van der Waals surface area (Å²) in [6.45, 7) is 8.24. The fraction of sp³-hybridized carbons (Fsp3) is 0.588. The Hall–Kier alpha value is -0.860. The number of carbonyl (C=O) groups is 1. The first-order valence-corrected chi connectivity index (χ1v) is 10.9. The summed E-state index contributed by atoms with van der Waals surface area (Å²) >= 11 is 12.2. The highest BCUT2D eigenvalue weighted by molar-refractivity contribution is 7.89. The largest absolute Gasteiger partial charge is 0.351 e. The maximum atomic E-state index is 12.5. The van der Waals surface area contributed by atoms with Crippen molar-refractivity contribution in [3.63, 3.8) is 0 Å². The highest BCUT2D eigenvalue weighted by atomic mass is 35.5. The third-order valence-corrected chi connectivity index (χ3v) is 6.57. The Labute approximate surface area is 165 Å². The molecule has 0 aromatic heterocycles. The molecule has 6 nitrogen and oxygen atoms in total. The molecule has 0 unspecified atom stereocenters. The van der Waals surface area contributed by atoms with E-state index in [2.05, 4.69) is 35.7 Å². The molecule has 1 aliphatic rings. The van der Waals surface area contributed by atoms with Crippen molar-refractivity contribution in [1.29, 1.82) is 0 Å². The minimum atomic E-state index is -3.78. The molecular formula is C17H25Cl2N3O3S. The second-order valence-corrected chi connectivity index (χ2v) is 9.13. The number of likely N-dealkylation sites (N-methyl/N-ethyl adjacent to an activating group) is 1. The van der Waals surface area contributed by atoms with Crippen LogP contribution in [0.15, 0.2) is 17.0 Å². The minimum absolute atomic E-state index is 0.00309. The first-order chi connectivity index (χ1) is 12.2. The van der Waals surface area contributed by atoms with E-state index in [1.807, 2.05) is 0 Å². The third kappa shape index (κ3) is 5.57. The number of hydrogen-bond donors (Lipinski definition) is 2. The summed E-state index contributed by atoms with van der Waals surface area (Å²) < 4.78 is 27.4. The van der Waals surface area contributed by atoms with E-state index in [-0.39, 0.29) is 26.5 Å². The number of nitrogens with one attached hydrogen (secondary N) is 2. The summed E-state index contributed by atoms with van der Waals surface area (Å²) in [5, 5.41) is 2.90. The smallest absolute Gasteiger partial charge is 0.252 e. The van der Waals surface area contributed by atoms with Gasteiger partial charge in [-0.25, -0.2) is 13.1 Å². The molecular weight excluding hydrogens is 397 g/mol. The third-order valence-electron chi connectivity index (χ3n) is 4.28. The standard InChI is InChI=1S/C17H25Cl2N3O3S/c1-4-22(11(2)3)8-7-20-17(23)13-9-16(15(19)10-14(13)18)26(24,25)21-12-5-6-12/h9-12,21H,4-8H2,1-3H3,(H,20,23). The summed E-state index contributed by atoms with van der Waals surface area (Å²) in [7, 11) is -3.78. The zero-order chi connectivity index (χ0) is 19.5. The Morgan fingerprint density at radius 3 is 2.46 bits per heavy atom. The lowest BCUT2D eigenvalue weighted by Gasteiger charge is -2.24. The molecule has 9 heteroatoms. The van der Waals surface area contributed by atoms with Gasteiger partial charge in [0.25, 0.3) is 5.91 Å². The topological polar surface area (TPSA) is 78.5 Å². The normalized spacial score (nSPS) is 14.9. The minimum Gasteiger partial charge on any atom is -0.351 e. The van der Waals surface area contributed by atoms with Crippen molar-refractivity contribution in [2.45, 2.75) is 50.6 Å². The first kappa shape index (κ1) is 21.4. The molecule has 0 aliphatic heterocycles. The molecule has 1 aromatic carbocycles. The molecule has 0 radical (unpaired) electrons. The number of nitrogens with zero attached hydrogens (tertiary/aromatic N) is 1. The number of sulfonamides is 1. The van der Waals surface area contributed by atoms with Crippen LogP contribution in [0.4, 0.5) is 0 Å². The van der Waals surface area contributed by atoms with E-state index < -0.39 is 15.9 Å². The molecule has 1 aliphatic carbocycles. The van der Waals surface area contributed by atoms with E-state index in [4.69, 9.17) is 23.2 Å². The van der Waals surface area contributed by atoms with Gasteiger partial charge in [0.2, 0.25) is 10.0 Å². The highest BCUT2D eigenvalue weighted by Crippen LogP contribution is 2.30. The number of hydrogen-bond acceptors (Lipinski definition) is 4. The van der Waals surface area contributed by atoms with Crippen LogP contribution < -0.4 is 10.0 Å². The summed E-state index contributed by atoms with van der Waals surface area (Å²) in [4.78, 5) is 14.5. The molecule has 0 heterocycles. The summed E-state index contributed by atoms with van der Waals surface area (Å²) in [6, 6.07) is 2.86. The van der Waals surface area contributed by atoms with Crippen LogP contribution in [0.5, 0.6) is 0 Å². The van der Waals surface area contributed by atoms with E-state index in [0.29, 0.717) is 19.1 Å². The van der Waals surface area contributed by atoms with E-state index >= 15 is 0 Å². The zero-order valence-electron chi connectivity index (χ0n) is 15.2. The van der Waals surface area contributed by atoms with Crippen LogP contribution in [0.2, 0.25) is 10.0 Å². The molecule has 0 spiro atoms. The predicted octanol–water partition coefficient (Wildman–Crippen LogP) is 2.89. The van der Waals surface area contributed by atoms with Crippen LogP contribution in [0, 0.1) is 0 Å². The number of amides is 1. The maximum Gasteiger partial charge on any atom is 0.252 e. The lowest BCUT2D eigenvalue weighted by atomic mass is 10.2. The van der Waals surface area contributed by atoms with Gasteiger partial charge in [-0.2, -0.15) is 0 Å². The van der Waals surface area contributed by atoms with Crippen LogP contribution in [-0.4, -0.2) is 50.9 Å². The molecule has 1 saturated carbocycles. The molecule has 146 valence electrons. The Morgan fingerprint density at radius 2 is 1.92 bits per heavy atom. The van der Waals surface area contributed by atoms with Crippen LogP contribution in [0.25, 0.3) is 0 Å². The van der Waals surface area contributed by atoms with E-state index in [0.717, 1.165) is 19.4 Å². The molecule has 1 fully saturated rings. The second-order valence-electron chi connectivity index (χ2n) is 6.64. The van der Waals surface area contributed by atoms with Gasteiger partial charge < -0.3 is 5.32 Å². The summed E-state index contributed by atoms with van der Waals surface area (Å²) in [5.41, 5.74) is 0.0971. The fourth-order valence-corrected chi connectivity index (χ4v) is 4.75. The van der Waals surface area contributed by atoms with Gasteiger partial charge in [0.15, 0.2) is 0 Å². The van der Waals surface area contributed by atoms with Crippen LogP contribution >= 0.6 is 23.2 Å². The van der Waals surface area contributed by atoms with Crippen molar-refractivity contribution in [2.75, 3.05) is 19.6 Å². The van der Waals surface area contributed by atoms with E-state index in [9.17, 15) is 13.2 Å². The Morgan fingerprint density at radius 1 is 1.27 bits per heavy atom. The van der Waals surface area contributed by atoms with Gasteiger partial charge in [-0.05, 0) is 45.4 Å². The fourth-order valence-electron chi connectivity index (χ4n) is 2.58. The molecule has 1 aromatic rings. The van der Waals surface area contributed by atoms with Gasteiger partial charge in [0.1, 0.15) is 4.90 Å². The Bertz CT molecular complexity index is 765. The van der Waals surface area contributed by atoms with Crippen molar-refractivity contribution >= 4 is 39.1 Å².